The van der Waals surface area contributed by atoms with E-state index in [0.29, 0.717) is 11.3 Å². The maximum absolute atomic E-state index is 11.7. The topological polar surface area (TPSA) is 141 Å². The van der Waals surface area contributed by atoms with Crippen LogP contribution in [-0.2, 0) is 9.59 Å². The summed E-state index contributed by atoms with van der Waals surface area (Å²) in [6.45, 7) is 0. The molecule has 1 aromatic rings. The Kier molecular flexibility index (Phi) is 4.25. The van der Waals surface area contributed by atoms with E-state index in [-0.39, 0.29) is 6.42 Å². The monoisotopic (exact) mass is 250 g/mol. The van der Waals surface area contributed by atoms with Gasteiger partial charge >= 0.3 is 0 Å². The molecule has 1 atom stereocenters. The lowest BCUT2D eigenvalue weighted by Crippen LogP contribution is -2.46. The lowest BCUT2D eigenvalue weighted by Gasteiger charge is -2.13. The number of hydrogen-bond acceptors (Lipinski definition) is 4. The van der Waals surface area contributed by atoms with E-state index in [4.69, 9.17) is 17.2 Å². The Hall–Kier alpha value is -2.57. The highest BCUT2D eigenvalue weighted by molar-refractivity contribution is 5.98. The average Bonchev–Trinajstić information content (AvgIpc) is 2.28. The zero-order valence-electron chi connectivity index (χ0n) is 9.55. The molecule has 1 rings (SSSR count). The molecule has 3 amide bonds. The average molecular weight is 250 g/mol. The van der Waals surface area contributed by atoms with Crippen LogP contribution in [0, 0.1) is 0 Å². The number of amides is 3. The Balaban J connectivity index is 2.75. The molecule has 0 heterocycles. The largest absolute Gasteiger partial charge is 0.399 e. The van der Waals surface area contributed by atoms with E-state index < -0.39 is 23.8 Å². The van der Waals surface area contributed by atoms with Gasteiger partial charge in [-0.25, -0.2) is 0 Å². The second-order valence-electron chi connectivity index (χ2n) is 3.72. The maximum Gasteiger partial charge on any atom is 0.251 e. The first kappa shape index (κ1) is 13.5. The minimum Gasteiger partial charge on any atom is -0.399 e. The number of carbonyl (C=O) groups excluding carboxylic acids is 3. The first-order valence-corrected chi connectivity index (χ1v) is 5.14. The summed E-state index contributed by atoms with van der Waals surface area (Å²) in [4.78, 5) is 33.5. The second kappa shape index (κ2) is 5.67. The van der Waals surface area contributed by atoms with Gasteiger partial charge in [0, 0.05) is 11.3 Å². The van der Waals surface area contributed by atoms with Gasteiger partial charge in [0.25, 0.3) is 5.91 Å². The Bertz CT molecular complexity index is 470. The molecule has 7 nitrogen and oxygen atoms in total. The van der Waals surface area contributed by atoms with Crippen LogP contribution < -0.4 is 22.5 Å². The van der Waals surface area contributed by atoms with Crippen LogP contribution in [0.2, 0.25) is 0 Å². The van der Waals surface area contributed by atoms with Crippen molar-refractivity contribution in [1.29, 1.82) is 0 Å². The number of nitrogens with one attached hydrogen (secondary N) is 1. The van der Waals surface area contributed by atoms with Crippen molar-refractivity contribution in [2.24, 2.45) is 11.5 Å². The van der Waals surface area contributed by atoms with Crippen molar-refractivity contribution in [2.45, 2.75) is 12.5 Å². The van der Waals surface area contributed by atoms with Crippen LogP contribution in [0.25, 0.3) is 0 Å². The molecule has 7 N–H and O–H groups in total. The molecular formula is C11H14N4O3. The summed E-state index contributed by atoms with van der Waals surface area (Å²) in [6, 6.07) is 4.96. The molecule has 7 heteroatoms. The van der Waals surface area contributed by atoms with Crippen LogP contribution in [0.5, 0.6) is 0 Å². The van der Waals surface area contributed by atoms with Crippen LogP contribution in [0.1, 0.15) is 16.8 Å². The summed E-state index contributed by atoms with van der Waals surface area (Å²) in [5.74, 6) is -2.07. The highest BCUT2D eigenvalue weighted by Crippen LogP contribution is 2.05. The lowest BCUT2D eigenvalue weighted by molar-refractivity contribution is -0.124. The number of benzene rings is 1. The molecule has 0 spiro atoms. The summed E-state index contributed by atoms with van der Waals surface area (Å²) in [5.41, 5.74) is 16.3. The number of hydrogen-bond donors (Lipinski definition) is 4. The van der Waals surface area contributed by atoms with Crippen molar-refractivity contribution in [3.8, 4) is 0 Å². The van der Waals surface area contributed by atoms with Crippen molar-refractivity contribution >= 4 is 23.4 Å². The highest BCUT2D eigenvalue weighted by atomic mass is 16.2. The van der Waals surface area contributed by atoms with E-state index in [1.807, 2.05) is 0 Å². The minimum absolute atomic E-state index is 0.305. The number of nitrogen functional groups attached to an aromatic ring is 1. The molecule has 0 aliphatic heterocycles. The molecule has 0 bridgehead atoms. The molecule has 96 valence electrons. The van der Waals surface area contributed by atoms with Gasteiger partial charge in [0.2, 0.25) is 11.8 Å². The molecule has 18 heavy (non-hydrogen) atoms. The van der Waals surface area contributed by atoms with Gasteiger partial charge in [0.15, 0.2) is 0 Å². The van der Waals surface area contributed by atoms with Gasteiger partial charge in [-0.3, -0.25) is 14.4 Å². The van der Waals surface area contributed by atoms with Gasteiger partial charge < -0.3 is 22.5 Å². The summed E-state index contributed by atoms with van der Waals surface area (Å²) >= 11 is 0. The number of primary amides is 2. The zero-order valence-corrected chi connectivity index (χ0v) is 9.55. The van der Waals surface area contributed by atoms with Crippen molar-refractivity contribution in [2.75, 3.05) is 5.73 Å². The first-order valence-electron chi connectivity index (χ1n) is 5.14. The molecule has 0 aromatic heterocycles. The van der Waals surface area contributed by atoms with Crippen molar-refractivity contribution in [3.63, 3.8) is 0 Å². The van der Waals surface area contributed by atoms with Crippen molar-refractivity contribution in [3.05, 3.63) is 29.8 Å². The Morgan fingerprint density at radius 2 is 1.67 bits per heavy atom. The Labute approximate surface area is 103 Å². The third-order valence-corrected chi connectivity index (χ3v) is 2.23. The third-order valence-electron chi connectivity index (χ3n) is 2.23. The fourth-order valence-corrected chi connectivity index (χ4v) is 1.30. The van der Waals surface area contributed by atoms with Crippen molar-refractivity contribution in [1.82, 2.24) is 5.32 Å². The van der Waals surface area contributed by atoms with E-state index >= 15 is 0 Å². The fourth-order valence-electron chi connectivity index (χ4n) is 1.30. The molecule has 1 aromatic carbocycles. The first-order chi connectivity index (χ1) is 8.40. The van der Waals surface area contributed by atoms with Gasteiger partial charge in [-0.15, -0.1) is 0 Å². The van der Waals surface area contributed by atoms with Gasteiger partial charge in [-0.05, 0) is 24.3 Å². The summed E-state index contributed by atoms with van der Waals surface area (Å²) in [6.07, 6.45) is -0.337. The van der Waals surface area contributed by atoms with Gasteiger partial charge in [-0.2, -0.15) is 0 Å². The van der Waals surface area contributed by atoms with E-state index in [2.05, 4.69) is 5.32 Å². The van der Waals surface area contributed by atoms with E-state index in [0.717, 1.165) is 0 Å². The molecular weight excluding hydrogens is 236 g/mol. The molecule has 0 aliphatic carbocycles. The van der Waals surface area contributed by atoms with Gasteiger partial charge in [0.1, 0.15) is 6.04 Å². The molecule has 0 saturated carbocycles. The zero-order chi connectivity index (χ0) is 13.7. The summed E-state index contributed by atoms with van der Waals surface area (Å²) in [7, 11) is 0. The number of carbonyl (C=O) groups is 3. The minimum atomic E-state index is -1.12. The summed E-state index contributed by atoms with van der Waals surface area (Å²) in [5, 5.41) is 2.33. The normalized spacial score (nSPS) is 11.6. The Morgan fingerprint density at radius 1 is 1.11 bits per heavy atom. The predicted molar refractivity (Wildman–Crippen MR) is 65.1 cm³/mol. The van der Waals surface area contributed by atoms with Crippen LogP contribution in [0.4, 0.5) is 5.69 Å². The SMILES string of the molecule is NC(=O)CC(NC(=O)c1ccc(N)cc1)C(N)=O. The van der Waals surface area contributed by atoms with Crippen LogP contribution >= 0.6 is 0 Å². The van der Waals surface area contributed by atoms with Crippen LogP contribution in [0.15, 0.2) is 24.3 Å². The molecule has 0 radical (unpaired) electrons. The maximum atomic E-state index is 11.7. The molecule has 1 unspecified atom stereocenters. The summed E-state index contributed by atoms with van der Waals surface area (Å²) < 4.78 is 0. The molecule has 0 aliphatic rings. The molecule has 0 fully saturated rings. The fraction of sp³-hybridized carbons (Fsp3) is 0.182. The number of anilines is 1. The van der Waals surface area contributed by atoms with E-state index in [1.165, 1.54) is 12.1 Å². The lowest BCUT2D eigenvalue weighted by atomic mass is 10.1. The van der Waals surface area contributed by atoms with E-state index in [1.54, 1.807) is 12.1 Å². The van der Waals surface area contributed by atoms with Gasteiger partial charge in [-0.1, -0.05) is 0 Å². The Morgan fingerprint density at radius 3 is 2.11 bits per heavy atom. The number of rotatable bonds is 5. The van der Waals surface area contributed by atoms with Crippen LogP contribution in [-0.4, -0.2) is 23.8 Å². The second-order valence-corrected chi connectivity index (χ2v) is 3.72. The smallest absolute Gasteiger partial charge is 0.251 e. The van der Waals surface area contributed by atoms with Crippen molar-refractivity contribution < 1.29 is 14.4 Å². The third kappa shape index (κ3) is 3.78. The highest BCUT2D eigenvalue weighted by Gasteiger charge is 2.20. The predicted octanol–water partition coefficient (Wildman–Crippen LogP) is -1.27. The quantitative estimate of drug-likeness (QED) is 0.483. The molecule has 0 saturated heterocycles. The number of nitrogens with two attached hydrogens (primary N) is 3. The van der Waals surface area contributed by atoms with E-state index in [9.17, 15) is 14.4 Å². The van der Waals surface area contributed by atoms with Crippen LogP contribution in [0.3, 0.4) is 0 Å². The van der Waals surface area contributed by atoms with Gasteiger partial charge in [0.05, 0.1) is 6.42 Å². The standard InChI is InChI=1S/C11H14N4O3/c12-7-3-1-6(2-4-7)11(18)15-8(10(14)17)5-9(13)16/h1-4,8H,5,12H2,(H2,13,16)(H2,14,17)(H,15,18).